The summed E-state index contributed by atoms with van der Waals surface area (Å²) < 4.78 is 0. The Morgan fingerprint density at radius 1 is 1.13 bits per heavy atom. The second-order valence-corrected chi connectivity index (χ2v) is 6.26. The van der Waals surface area contributed by atoms with Gasteiger partial charge in [-0.25, -0.2) is 4.90 Å². The van der Waals surface area contributed by atoms with E-state index in [-0.39, 0.29) is 35.5 Å². The molecule has 5 nitrogen and oxygen atoms in total. The highest BCUT2D eigenvalue weighted by atomic mass is 16.4. The average molecular weight is 308 g/mol. The standard InChI is InChI=1S/C18H15NO4/c20-14(21)7-4-10-2-1-3-13(8-10)19-17(22)15-11-5-6-12(9-11)16(15)18(19)23/h1-8,11-12,15-16H,9H2,(H,20,21)/p-1/b7-4+/t11-,12-,15-,16+/m0/s1. The summed E-state index contributed by atoms with van der Waals surface area (Å²) in [6.07, 6.45) is 7.32. The SMILES string of the molecule is O=C([O-])/C=C/c1cccc(N2C(=O)[C@@H]3[C@H](C2=O)[C@H]2C=C[C@H]3C2)c1. The lowest BCUT2D eigenvalue weighted by atomic mass is 9.85. The van der Waals surface area contributed by atoms with Crippen LogP contribution in [-0.2, 0) is 14.4 Å². The van der Waals surface area contributed by atoms with Crippen molar-refractivity contribution in [1.82, 2.24) is 0 Å². The van der Waals surface area contributed by atoms with Gasteiger partial charge in [-0.3, -0.25) is 9.59 Å². The first-order valence-electron chi connectivity index (χ1n) is 7.61. The first-order valence-corrected chi connectivity index (χ1v) is 7.61. The fourth-order valence-corrected chi connectivity index (χ4v) is 4.09. The number of aliphatic carboxylic acids is 1. The molecule has 1 aliphatic heterocycles. The molecular formula is C18H14NO4-. The van der Waals surface area contributed by atoms with E-state index in [1.54, 1.807) is 24.3 Å². The minimum absolute atomic E-state index is 0.141. The molecule has 2 bridgehead atoms. The van der Waals surface area contributed by atoms with Crippen molar-refractivity contribution in [2.24, 2.45) is 23.7 Å². The minimum atomic E-state index is -1.29. The van der Waals surface area contributed by atoms with Crippen LogP contribution < -0.4 is 10.0 Å². The third-order valence-electron chi connectivity index (χ3n) is 5.01. The summed E-state index contributed by atoms with van der Waals surface area (Å²) in [5.41, 5.74) is 1.10. The molecule has 1 aromatic rings. The maximum absolute atomic E-state index is 12.7. The number of imide groups is 1. The molecule has 2 amide bonds. The Bertz CT molecular complexity index is 749. The van der Waals surface area contributed by atoms with Gasteiger partial charge in [-0.15, -0.1) is 0 Å². The van der Waals surface area contributed by atoms with Gasteiger partial charge < -0.3 is 9.90 Å². The van der Waals surface area contributed by atoms with Gasteiger partial charge in [-0.2, -0.15) is 0 Å². The fourth-order valence-electron chi connectivity index (χ4n) is 4.09. The van der Waals surface area contributed by atoms with Gasteiger partial charge in [0.2, 0.25) is 11.8 Å². The molecule has 3 aliphatic rings. The summed E-state index contributed by atoms with van der Waals surface area (Å²) in [6.45, 7) is 0. The van der Waals surface area contributed by atoms with E-state index in [4.69, 9.17) is 0 Å². The van der Waals surface area contributed by atoms with Crippen molar-refractivity contribution < 1.29 is 19.5 Å². The van der Waals surface area contributed by atoms with Crippen LogP contribution in [0.4, 0.5) is 5.69 Å². The summed E-state index contributed by atoms with van der Waals surface area (Å²) in [4.78, 5) is 37.2. The van der Waals surface area contributed by atoms with Gasteiger partial charge in [0.25, 0.3) is 0 Å². The van der Waals surface area contributed by atoms with Crippen molar-refractivity contribution in [3.05, 3.63) is 48.1 Å². The Morgan fingerprint density at radius 3 is 2.39 bits per heavy atom. The Labute approximate surface area is 132 Å². The molecule has 4 atom stereocenters. The summed E-state index contributed by atoms with van der Waals surface area (Å²) in [5, 5.41) is 10.5. The second-order valence-electron chi connectivity index (χ2n) is 6.26. The van der Waals surface area contributed by atoms with Crippen molar-refractivity contribution in [2.45, 2.75) is 6.42 Å². The lowest BCUT2D eigenvalue weighted by Gasteiger charge is -2.17. The van der Waals surface area contributed by atoms with Crippen LogP contribution >= 0.6 is 0 Å². The Balaban J connectivity index is 1.67. The summed E-state index contributed by atoms with van der Waals surface area (Å²) in [6, 6.07) is 6.75. The monoisotopic (exact) mass is 308 g/mol. The number of carboxylic acid groups (broad SMARTS) is 1. The predicted molar refractivity (Wildman–Crippen MR) is 80.7 cm³/mol. The molecule has 116 valence electrons. The number of rotatable bonds is 3. The van der Waals surface area contributed by atoms with Crippen LogP contribution in [0.2, 0.25) is 0 Å². The maximum Gasteiger partial charge on any atom is 0.238 e. The molecule has 0 unspecified atom stereocenters. The van der Waals surface area contributed by atoms with Crippen LogP contribution in [0.1, 0.15) is 12.0 Å². The average Bonchev–Trinajstić information content (AvgIpc) is 3.20. The fraction of sp³-hybridized carbons (Fsp3) is 0.278. The van der Waals surface area contributed by atoms with Crippen molar-refractivity contribution in [3.63, 3.8) is 0 Å². The molecule has 2 fully saturated rings. The number of nitrogens with zero attached hydrogens (tertiary/aromatic N) is 1. The first kappa shape index (κ1) is 13.9. The van der Waals surface area contributed by atoms with E-state index >= 15 is 0 Å². The number of carbonyl (C=O) groups is 3. The molecule has 0 radical (unpaired) electrons. The molecule has 1 heterocycles. The number of hydrogen-bond acceptors (Lipinski definition) is 4. The van der Waals surface area contributed by atoms with Gasteiger partial charge in [0, 0.05) is 0 Å². The van der Waals surface area contributed by atoms with Crippen LogP contribution in [0.15, 0.2) is 42.5 Å². The molecule has 4 rings (SSSR count). The van der Waals surface area contributed by atoms with Crippen molar-refractivity contribution in [3.8, 4) is 0 Å². The highest BCUT2D eigenvalue weighted by molar-refractivity contribution is 6.22. The van der Waals surface area contributed by atoms with Crippen molar-refractivity contribution >= 4 is 29.5 Å². The predicted octanol–water partition coefficient (Wildman–Crippen LogP) is 0.761. The van der Waals surface area contributed by atoms with Gasteiger partial charge in [-0.1, -0.05) is 30.4 Å². The third kappa shape index (κ3) is 2.04. The largest absolute Gasteiger partial charge is 0.545 e. The zero-order chi connectivity index (χ0) is 16.1. The van der Waals surface area contributed by atoms with Crippen LogP contribution in [0.3, 0.4) is 0 Å². The van der Waals surface area contributed by atoms with E-state index in [1.165, 1.54) is 11.0 Å². The molecule has 0 spiro atoms. The highest BCUT2D eigenvalue weighted by Gasteiger charge is 2.59. The van der Waals surface area contributed by atoms with Gasteiger partial charge >= 0.3 is 0 Å². The molecule has 1 aromatic carbocycles. The second kappa shape index (κ2) is 4.91. The van der Waals surface area contributed by atoms with Crippen LogP contribution in [-0.4, -0.2) is 17.8 Å². The van der Waals surface area contributed by atoms with Gasteiger partial charge in [-0.05, 0) is 42.0 Å². The Hall–Kier alpha value is -2.69. The van der Waals surface area contributed by atoms with Crippen molar-refractivity contribution in [2.75, 3.05) is 4.90 Å². The summed E-state index contributed by atoms with van der Waals surface area (Å²) >= 11 is 0. The topological polar surface area (TPSA) is 77.5 Å². The number of hydrogen-bond donors (Lipinski definition) is 0. The first-order chi connectivity index (χ1) is 11.1. The maximum atomic E-state index is 12.7. The molecule has 1 saturated heterocycles. The quantitative estimate of drug-likeness (QED) is 0.469. The number of amides is 2. The van der Waals surface area contributed by atoms with Gasteiger partial charge in [0.1, 0.15) is 0 Å². The van der Waals surface area contributed by atoms with Crippen LogP contribution in [0, 0.1) is 23.7 Å². The Kier molecular flexibility index (Phi) is 2.98. The highest BCUT2D eigenvalue weighted by Crippen LogP contribution is 2.53. The number of anilines is 1. The lowest BCUT2D eigenvalue weighted by molar-refractivity contribution is -0.297. The van der Waals surface area contributed by atoms with Gasteiger partial charge in [0.15, 0.2) is 0 Å². The number of allylic oxidation sites excluding steroid dienone is 2. The van der Waals surface area contributed by atoms with E-state index in [9.17, 15) is 19.5 Å². The number of carbonyl (C=O) groups excluding carboxylic acids is 3. The molecule has 0 aromatic heterocycles. The third-order valence-corrected chi connectivity index (χ3v) is 5.01. The molecule has 0 N–H and O–H groups in total. The van der Waals surface area contributed by atoms with E-state index in [0.29, 0.717) is 11.3 Å². The molecule has 23 heavy (non-hydrogen) atoms. The van der Waals surface area contributed by atoms with Crippen LogP contribution in [0.25, 0.3) is 6.08 Å². The van der Waals surface area contributed by atoms with Gasteiger partial charge in [0.05, 0.1) is 23.5 Å². The summed E-state index contributed by atoms with van der Waals surface area (Å²) in [7, 11) is 0. The molecule has 5 heteroatoms. The number of fused-ring (bicyclic) bond motifs is 5. The number of carboxylic acids is 1. The lowest BCUT2D eigenvalue weighted by Crippen LogP contribution is -2.32. The van der Waals surface area contributed by atoms with E-state index in [0.717, 1.165) is 12.5 Å². The van der Waals surface area contributed by atoms with Crippen LogP contribution in [0.5, 0.6) is 0 Å². The van der Waals surface area contributed by atoms with E-state index in [1.807, 2.05) is 0 Å². The normalized spacial score (nSPS) is 31.4. The molecular weight excluding hydrogens is 294 g/mol. The summed E-state index contributed by atoms with van der Waals surface area (Å²) in [5.74, 6) is -1.70. The molecule has 1 saturated carbocycles. The van der Waals surface area contributed by atoms with E-state index < -0.39 is 5.97 Å². The minimum Gasteiger partial charge on any atom is -0.545 e. The smallest absolute Gasteiger partial charge is 0.238 e. The van der Waals surface area contributed by atoms with Crippen molar-refractivity contribution in [1.29, 1.82) is 0 Å². The number of benzene rings is 1. The Morgan fingerprint density at radius 2 is 1.78 bits per heavy atom. The molecule has 2 aliphatic carbocycles. The van der Waals surface area contributed by atoms with E-state index in [2.05, 4.69) is 12.2 Å². The zero-order valence-electron chi connectivity index (χ0n) is 12.2. The zero-order valence-corrected chi connectivity index (χ0v) is 12.2.